The molecular weight excluding hydrogens is 412 g/mol. The lowest BCUT2D eigenvalue weighted by Gasteiger charge is -2.21. The molecule has 1 fully saturated rings. The van der Waals surface area contributed by atoms with E-state index in [0.717, 1.165) is 16.4 Å². The number of nitrogens with zero attached hydrogens (tertiary/aromatic N) is 1. The molecule has 1 atom stereocenters. The van der Waals surface area contributed by atoms with Gasteiger partial charge in [-0.25, -0.2) is 25.6 Å². The average Bonchev–Trinajstić information content (AvgIpc) is 2.80. The molecule has 1 unspecified atom stereocenters. The Bertz CT molecular complexity index is 1090. The van der Waals surface area contributed by atoms with E-state index in [1.807, 2.05) is 0 Å². The Morgan fingerprint density at radius 2 is 1.82 bits per heavy atom. The van der Waals surface area contributed by atoms with Gasteiger partial charge in [0.1, 0.15) is 22.3 Å². The summed E-state index contributed by atoms with van der Waals surface area (Å²) in [7, 11) is -6.74. The largest absolute Gasteiger partial charge is 0.495 e. The lowest BCUT2D eigenvalue weighted by atomic mass is 10.1. The molecule has 6 nitrogen and oxygen atoms in total. The Hall–Kier alpha value is -2.04. The second-order valence-corrected chi connectivity index (χ2v) is 10.6. The molecular formula is C18H19F2NO5S2. The number of sulfonamides is 1. The van der Waals surface area contributed by atoms with Crippen molar-refractivity contribution in [2.75, 3.05) is 26.0 Å². The maximum Gasteiger partial charge on any atom is 0.246 e. The smallest absolute Gasteiger partial charge is 0.246 e. The van der Waals surface area contributed by atoms with Gasteiger partial charge in [0.15, 0.2) is 9.84 Å². The number of sulfone groups is 1. The predicted molar refractivity (Wildman–Crippen MR) is 99.3 cm³/mol. The molecule has 10 heteroatoms. The highest BCUT2D eigenvalue weighted by Crippen LogP contribution is 2.34. The third-order valence-electron chi connectivity index (χ3n) is 4.69. The van der Waals surface area contributed by atoms with E-state index in [9.17, 15) is 25.6 Å². The molecule has 2 aromatic carbocycles. The number of hydrogen-bond acceptors (Lipinski definition) is 5. The van der Waals surface area contributed by atoms with Gasteiger partial charge in [-0.1, -0.05) is 18.2 Å². The highest BCUT2D eigenvalue weighted by atomic mass is 32.2. The lowest BCUT2D eigenvalue weighted by molar-refractivity contribution is 0.391. The number of methoxy groups -OCH3 is 1. The molecule has 0 amide bonds. The van der Waals surface area contributed by atoms with Crippen LogP contribution in [-0.4, -0.2) is 47.1 Å². The SMILES string of the molecule is COc1ccc(F)cc1S(=O)(=O)N1CCC(c2ccccc2F)S(=O)(=O)CC1. The number of benzene rings is 2. The summed E-state index contributed by atoms with van der Waals surface area (Å²) in [5.41, 5.74) is 0.0186. The van der Waals surface area contributed by atoms with Crippen LogP contribution in [0.3, 0.4) is 0 Å². The Morgan fingerprint density at radius 3 is 2.50 bits per heavy atom. The van der Waals surface area contributed by atoms with Gasteiger partial charge in [0.25, 0.3) is 0 Å². The minimum absolute atomic E-state index is 0.0186. The molecule has 1 saturated heterocycles. The van der Waals surface area contributed by atoms with Gasteiger partial charge >= 0.3 is 0 Å². The van der Waals surface area contributed by atoms with E-state index in [4.69, 9.17) is 4.74 Å². The summed E-state index contributed by atoms with van der Waals surface area (Å²) in [5.74, 6) is -1.92. The van der Waals surface area contributed by atoms with Gasteiger partial charge in [0, 0.05) is 18.7 Å². The van der Waals surface area contributed by atoms with Gasteiger partial charge in [-0.15, -0.1) is 0 Å². The monoisotopic (exact) mass is 431 g/mol. The number of ether oxygens (including phenoxy) is 1. The van der Waals surface area contributed by atoms with Crippen LogP contribution in [-0.2, 0) is 19.9 Å². The standard InChI is InChI=1S/C18H19F2NO5S2/c1-26-16-7-6-13(19)12-18(16)28(24,25)21-9-8-17(27(22,23)11-10-21)14-4-2-3-5-15(14)20/h2-7,12,17H,8-11H2,1H3. The van der Waals surface area contributed by atoms with Crippen molar-refractivity contribution in [3.05, 3.63) is 59.7 Å². The molecule has 3 rings (SSSR count). The molecule has 0 N–H and O–H groups in total. The van der Waals surface area contributed by atoms with Gasteiger partial charge < -0.3 is 4.74 Å². The number of halogens is 2. The van der Waals surface area contributed by atoms with E-state index in [-0.39, 0.29) is 35.7 Å². The van der Waals surface area contributed by atoms with Crippen molar-refractivity contribution in [1.82, 2.24) is 4.31 Å². The summed E-state index contributed by atoms with van der Waals surface area (Å²) in [6.07, 6.45) is -0.111. The molecule has 1 heterocycles. The first-order valence-corrected chi connectivity index (χ1v) is 11.6. The molecule has 0 aromatic heterocycles. The van der Waals surface area contributed by atoms with Crippen LogP contribution in [0.5, 0.6) is 5.75 Å². The molecule has 2 aromatic rings. The molecule has 0 aliphatic carbocycles. The molecule has 152 valence electrons. The van der Waals surface area contributed by atoms with Crippen molar-refractivity contribution in [2.24, 2.45) is 0 Å². The average molecular weight is 431 g/mol. The molecule has 0 radical (unpaired) electrons. The van der Waals surface area contributed by atoms with Crippen LogP contribution in [0, 0.1) is 11.6 Å². The third kappa shape index (κ3) is 3.89. The van der Waals surface area contributed by atoms with Crippen LogP contribution in [0.15, 0.2) is 47.4 Å². The third-order valence-corrected chi connectivity index (χ3v) is 8.72. The Balaban J connectivity index is 1.97. The predicted octanol–water partition coefficient (Wildman–Crippen LogP) is 2.52. The van der Waals surface area contributed by atoms with Gasteiger partial charge in [0.05, 0.1) is 18.1 Å². The van der Waals surface area contributed by atoms with Crippen LogP contribution in [0.4, 0.5) is 8.78 Å². The van der Waals surface area contributed by atoms with Crippen LogP contribution in [0.1, 0.15) is 17.2 Å². The molecule has 0 spiro atoms. The lowest BCUT2D eigenvalue weighted by Crippen LogP contribution is -2.34. The maximum absolute atomic E-state index is 14.1. The van der Waals surface area contributed by atoms with E-state index in [1.165, 1.54) is 37.4 Å². The molecule has 0 bridgehead atoms. The topological polar surface area (TPSA) is 80.8 Å². The zero-order chi connectivity index (χ0) is 20.5. The zero-order valence-corrected chi connectivity index (χ0v) is 16.6. The summed E-state index contributed by atoms with van der Waals surface area (Å²) >= 11 is 0. The Morgan fingerprint density at radius 1 is 1.11 bits per heavy atom. The first kappa shape index (κ1) is 20.7. The van der Waals surface area contributed by atoms with Gasteiger partial charge in [-0.2, -0.15) is 4.31 Å². The van der Waals surface area contributed by atoms with E-state index in [1.54, 1.807) is 0 Å². The zero-order valence-electron chi connectivity index (χ0n) is 15.0. The van der Waals surface area contributed by atoms with Crippen molar-refractivity contribution in [2.45, 2.75) is 16.6 Å². The van der Waals surface area contributed by atoms with Gasteiger partial charge in [-0.3, -0.25) is 0 Å². The summed E-state index contributed by atoms with van der Waals surface area (Å²) < 4.78 is 85.1. The van der Waals surface area contributed by atoms with E-state index >= 15 is 0 Å². The maximum atomic E-state index is 14.1. The second kappa shape index (κ2) is 7.76. The summed E-state index contributed by atoms with van der Waals surface area (Å²) in [4.78, 5) is -0.378. The van der Waals surface area contributed by atoms with Crippen LogP contribution < -0.4 is 4.74 Å². The molecule has 1 aliphatic rings. The fourth-order valence-corrected chi connectivity index (χ4v) is 6.78. The quantitative estimate of drug-likeness (QED) is 0.743. The Labute approximate surface area is 162 Å². The summed E-state index contributed by atoms with van der Waals surface area (Å²) in [6, 6.07) is 8.64. The number of hydrogen-bond donors (Lipinski definition) is 0. The minimum Gasteiger partial charge on any atom is -0.495 e. The second-order valence-electron chi connectivity index (χ2n) is 6.37. The highest BCUT2D eigenvalue weighted by molar-refractivity contribution is 7.92. The first-order chi connectivity index (χ1) is 13.2. The molecule has 1 aliphatic heterocycles. The molecule has 28 heavy (non-hydrogen) atoms. The summed E-state index contributed by atoms with van der Waals surface area (Å²) in [5, 5.41) is -1.15. The van der Waals surface area contributed by atoms with Gasteiger partial charge in [0.2, 0.25) is 10.0 Å². The van der Waals surface area contributed by atoms with E-state index < -0.39 is 42.5 Å². The summed E-state index contributed by atoms with van der Waals surface area (Å²) in [6.45, 7) is -0.463. The first-order valence-electron chi connectivity index (χ1n) is 8.46. The van der Waals surface area contributed by atoms with Crippen molar-refractivity contribution in [3.63, 3.8) is 0 Å². The van der Waals surface area contributed by atoms with Crippen molar-refractivity contribution >= 4 is 19.9 Å². The number of rotatable bonds is 4. The minimum atomic E-state index is -4.21. The molecule has 0 saturated carbocycles. The van der Waals surface area contributed by atoms with Crippen LogP contribution >= 0.6 is 0 Å². The van der Waals surface area contributed by atoms with E-state index in [0.29, 0.717) is 0 Å². The fourth-order valence-electron chi connectivity index (χ4n) is 3.24. The Kier molecular flexibility index (Phi) is 5.74. The van der Waals surface area contributed by atoms with Crippen molar-refractivity contribution in [1.29, 1.82) is 0 Å². The van der Waals surface area contributed by atoms with Crippen LogP contribution in [0.2, 0.25) is 0 Å². The van der Waals surface area contributed by atoms with Crippen LogP contribution in [0.25, 0.3) is 0 Å². The van der Waals surface area contributed by atoms with E-state index in [2.05, 4.69) is 0 Å². The normalized spacial score (nSPS) is 20.5. The highest BCUT2D eigenvalue weighted by Gasteiger charge is 2.37. The van der Waals surface area contributed by atoms with Crippen molar-refractivity contribution in [3.8, 4) is 5.75 Å². The van der Waals surface area contributed by atoms with Gasteiger partial charge in [-0.05, 0) is 30.7 Å². The van der Waals surface area contributed by atoms with Crippen molar-refractivity contribution < 1.29 is 30.4 Å². The fraction of sp³-hybridized carbons (Fsp3) is 0.333.